The van der Waals surface area contributed by atoms with Crippen molar-refractivity contribution in [2.75, 3.05) is 13.6 Å². The second-order valence-electron chi connectivity index (χ2n) is 6.36. The van der Waals surface area contributed by atoms with E-state index in [0.29, 0.717) is 11.5 Å². The maximum absolute atomic E-state index is 13.4. The highest BCUT2D eigenvalue weighted by Gasteiger charge is 2.57. The Balaban J connectivity index is 2.00. The summed E-state index contributed by atoms with van der Waals surface area (Å²) >= 11 is 0. The van der Waals surface area contributed by atoms with Crippen LogP contribution in [-0.4, -0.2) is 50.5 Å². The maximum atomic E-state index is 13.4. The van der Waals surface area contributed by atoms with Crippen LogP contribution in [0.25, 0.3) is 0 Å². The molecule has 0 aliphatic carbocycles. The van der Waals surface area contributed by atoms with E-state index < -0.39 is 36.6 Å². The summed E-state index contributed by atoms with van der Waals surface area (Å²) < 4.78 is 46.4. The second kappa shape index (κ2) is 7.59. The molecule has 2 rings (SSSR count). The molecule has 2 aromatic rings. The van der Waals surface area contributed by atoms with Crippen molar-refractivity contribution in [2.24, 2.45) is 7.05 Å². The van der Waals surface area contributed by atoms with Crippen LogP contribution in [0.5, 0.6) is 0 Å². The Bertz CT molecular complexity index is 782. The summed E-state index contributed by atoms with van der Waals surface area (Å²) in [6, 6.07) is -0.584. The van der Waals surface area contributed by atoms with Crippen LogP contribution in [-0.2, 0) is 19.2 Å². The summed E-state index contributed by atoms with van der Waals surface area (Å²) in [5.74, 6) is 0.0294. The molecule has 0 aliphatic rings. The largest absolute Gasteiger partial charge is 0.424 e. The zero-order valence-electron chi connectivity index (χ0n) is 15.5. The number of halogens is 3. The number of nitrogens with zero attached hydrogens (tertiary/aromatic N) is 4. The second-order valence-corrected chi connectivity index (χ2v) is 6.36. The van der Waals surface area contributed by atoms with Gasteiger partial charge in [0.05, 0.1) is 12.2 Å². The Labute approximate surface area is 154 Å². The molecular weight excluding hydrogens is 367 g/mol. The Kier molecular flexibility index (Phi) is 5.83. The number of alkyl halides is 3. The third kappa shape index (κ3) is 4.24. The third-order valence-corrected chi connectivity index (χ3v) is 4.35. The van der Waals surface area contributed by atoms with Crippen LogP contribution in [0, 0.1) is 13.8 Å². The van der Waals surface area contributed by atoms with Crippen LogP contribution in [0.4, 0.5) is 18.0 Å². The zero-order chi connectivity index (χ0) is 20.4. The standard InChI is InChI=1S/C16H22F3N5O3/c1-10-12(11(2)27-22-10)9-24(4)14(25)21-6-5-15(26,16(17,18)19)13-20-7-8-23(13)3/h7-8,26H,5-6,9H2,1-4H3,(H,21,25). The molecule has 2 aromatic heterocycles. The highest BCUT2D eigenvalue weighted by atomic mass is 19.4. The Morgan fingerprint density at radius 2 is 2.07 bits per heavy atom. The number of aryl methyl sites for hydroxylation is 3. The lowest BCUT2D eigenvalue weighted by atomic mass is 9.97. The van der Waals surface area contributed by atoms with E-state index in [2.05, 4.69) is 15.5 Å². The summed E-state index contributed by atoms with van der Waals surface area (Å²) in [6.45, 7) is 3.23. The van der Waals surface area contributed by atoms with Crippen LogP contribution in [0.15, 0.2) is 16.9 Å². The molecule has 0 aliphatic heterocycles. The summed E-state index contributed by atoms with van der Waals surface area (Å²) in [5, 5.41) is 16.4. The van der Waals surface area contributed by atoms with Crippen LogP contribution >= 0.6 is 0 Å². The van der Waals surface area contributed by atoms with Gasteiger partial charge in [0.25, 0.3) is 0 Å². The van der Waals surface area contributed by atoms with E-state index in [-0.39, 0.29) is 6.54 Å². The van der Waals surface area contributed by atoms with Crippen molar-refractivity contribution in [1.82, 2.24) is 24.9 Å². The SMILES string of the molecule is Cc1noc(C)c1CN(C)C(=O)NCCC(O)(c1nccn1C)C(F)(F)F. The summed E-state index contributed by atoms with van der Waals surface area (Å²) in [6.07, 6.45) is -3.24. The smallest absolute Gasteiger partial charge is 0.374 e. The van der Waals surface area contributed by atoms with Crippen LogP contribution in [0.2, 0.25) is 0 Å². The van der Waals surface area contributed by atoms with Crippen molar-refractivity contribution < 1.29 is 27.6 Å². The molecule has 0 saturated heterocycles. The van der Waals surface area contributed by atoms with Gasteiger partial charge in [0, 0.05) is 45.0 Å². The molecule has 8 nitrogen and oxygen atoms in total. The number of carbonyl (C=O) groups excluding carboxylic acids is 1. The lowest BCUT2D eigenvalue weighted by Crippen LogP contribution is -2.47. The minimum Gasteiger partial charge on any atom is -0.374 e. The lowest BCUT2D eigenvalue weighted by Gasteiger charge is -2.30. The van der Waals surface area contributed by atoms with Gasteiger partial charge in [0.2, 0.25) is 5.60 Å². The van der Waals surface area contributed by atoms with E-state index in [1.54, 1.807) is 13.8 Å². The molecule has 0 radical (unpaired) electrons. The van der Waals surface area contributed by atoms with Crippen LogP contribution in [0.3, 0.4) is 0 Å². The van der Waals surface area contributed by atoms with E-state index >= 15 is 0 Å². The molecular formula is C16H22F3N5O3. The Hall–Kier alpha value is -2.56. The van der Waals surface area contributed by atoms with Gasteiger partial charge in [-0.25, -0.2) is 9.78 Å². The summed E-state index contributed by atoms with van der Waals surface area (Å²) in [7, 11) is 2.85. The van der Waals surface area contributed by atoms with E-state index in [0.717, 1.165) is 10.1 Å². The number of aliphatic hydroxyl groups is 1. The molecule has 0 aromatic carbocycles. The molecule has 1 atom stereocenters. The molecule has 0 saturated carbocycles. The number of hydrogen-bond donors (Lipinski definition) is 2. The zero-order valence-corrected chi connectivity index (χ0v) is 15.5. The molecule has 0 spiro atoms. The third-order valence-electron chi connectivity index (χ3n) is 4.35. The quantitative estimate of drug-likeness (QED) is 0.788. The van der Waals surface area contributed by atoms with Gasteiger partial charge in [0.1, 0.15) is 11.6 Å². The van der Waals surface area contributed by atoms with Gasteiger partial charge in [-0.15, -0.1) is 0 Å². The summed E-state index contributed by atoms with van der Waals surface area (Å²) in [5.41, 5.74) is -1.81. The van der Waals surface area contributed by atoms with Gasteiger partial charge in [0.15, 0.2) is 0 Å². The molecule has 2 amide bonds. The number of aromatic nitrogens is 3. The number of imidazole rings is 1. The molecule has 0 bridgehead atoms. The lowest BCUT2D eigenvalue weighted by molar-refractivity contribution is -0.272. The molecule has 2 heterocycles. The number of hydrogen-bond acceptors (Lipinski definition) is 5. The molecule has 150 valence electrons. The van der Waals surface area contributed by atoms with Gasteiger partial charge < -0.3 is 24.4 Å². The molecule has 2 N–H and O–H groups in total. The molecule has 27 heavy (non-hydrogen) atoms. The number of urea groups is 1. The van der Waals surface area contributed by atoms with Crippen molar-refractivity contribution in [2.45, 2.75) is 38.6 Å². The number of amides is 2. The first-order valence-electron chi connectivity index (χ1n) is 8.15. The van der Waals surface area contributed by atoms with Gasteiger partial charge in [-0.1, -0.05) is 5.16 Å². The van der Waals surface area contributed by atoms with E-state index in [1.807, 2.05) is 0 Å². The van der Waals surface area contributed by atoms with Crippen molar-refractivity contribution in [3.8, 4) is 0 Å². The van der Waals surface area contributed by atoms with Crippen molar-refractivity contribution in [3.05, 3.63) is 35.2 Å². The summed E-state index contributed by atoms with van der Waals surface area (Å²) in [4.78, 5) is 17.1. The van der Waals surface area contributed by atoms with Crippen molar-refractivity contribution in [3.63, 3.8) is 0 Å². The first-order chi connectivity index (χ1) is 12.5. The molecule has 11 heteroatoms. The van der Waals surface area contributed by atoms with E-state index in [1.165, 1.54) is 31.4 Å². The topological polar surface area (TPSA) is 96.4 Å². The van der Waals surface area contributed by atoms with Gasteiger partial charge >= 0.3 is 12.2 Å². The Morgan fingerprint density at radius 3 is 2.56 bits per heavy atom. The van der Waals surface area contributed by atoms with Crippen molar-refractivity contribution >= 4 is 6.03 Å². The van der Waals surface area contributed by atoms with Crippen LogP contribution < -0.4 is 5.32 Å². The molecule has 0 fully saturated rings. The average Bonchev–Trinajstić information content (AvgIpc) is 3.14. The normalized spacial score (nSPS) is 14.1. The fraction of sp³-hybridized carbons (Fsp3) is 0.562. The van der Waals surface area contributed by atoms with E-state index in [9.17, 15) is 23.1 Å². The minimum atomic E-state index is -4.95. The van der Waals surface area contributed by atoms with Gasteiger partial charge in [-0.05, 0) is 13.8 Å². The van der Waals surface area contributed by atoms with Gasteiger partial charge in [-0.3, -0.25) is 0 Å². The fourth-order valence-corrected chi connectivity index (χ4v) is 2.67. The first kappa shape index (κ1) is 20.7. The van der Waals surface area contributed by atoms with Gasteiger partial charge in [-0.2, -0.15) is 13.2 Å². The maximum Gasteiger partial charge on any atom is 0.424 e. The van der Waals surface area contributed by atoms with Crippen molar-refractivity contribution in [1.29, 1.82) is 0 Å². The first-order valence-corrected chi connectivity index (χ1v) is 8.15. The highest BCUT2D eigenvalue weighted by molar-refractivity contribution is 5.73. The molecule has 1 unspecified atom stereocenters. The van der Waals surface area contributed by atoms with E-state index in [4.69, 9.17) is 4.52 Å². The van der Waals surface area contributed by atoms with Crippen LogP contribution in [0.1, 0.15) is 29.3 Å². The highest BCUT2D eigenvalue weighted by Crippen LogP contribution is 2.40. The Morgan fingerprint density at radius 1 is 1.41 bits per heavy atom. The average molecular weight is 389 g/mol. The number of nitrogens with one attached hydrogen (secondary N) is 1. The monoisotopic (exact) mass is 389 g/mol. The number of carbonyl (C=O) groups is 1. The predicted molar refractivity (Wildman–Crippen MR) is 88.6 cm³/mol. The fourth-order valence-electron chi connectivity index (χ4n) is 2.67. The number of rotatable bonds is 6. The predicted octanol–water partition coefficient (Wildman–Crippen LogP) is 2.01. The minimum absolute atomic E-state index is 0.190.